The Kier molecular flexibility index (Phi) is 6.00. The standard InChI is InChI=1S/C14H29NO2/c1-8-11(2)9-14(6,7)10-15-12(16)17-13(3,4)5/h11H,8-10H2,1-7H3,(H,15,16). The molecule has 0 aliphatic carbocycles. The summed E-state index contributed by atoms with van der Waals surface area (Å²) in [5.74, 6) is 0.686. The average Bonchev–Trinajstić information content (AvgIpc) is 2.11. The van der Waals surface area contributed by atoms with Crippen molar-refractivity contribution in [1.29, 1.82) is 0 Å². The average molecular weight is 243 g/mol. The number of carbonyl (C=O) groups is 1. The highest BCUT2D eigenvalue weighted by Crippen LogP contribution is 2.26. The highest BCUT2D eigenvalue weighted by molar-refractivity contribution is 5.67. The van der Waals surface area contributed by atoms with Gasteiger partial charge in [0.1, 0.15) is 5.60 Å². The lowest BCUT2D eigenvalue weighted by atomic mass is 9.82. The van der Waals surface area contributed by atoms with Crippen LogP contribution in [0.1, 0.15) is 61.3 Å². The first-order chi connectivity index (χ1) is 7.56. The van der Waals surface area contributed by atoms with Gasteiger partial charge in [0.15, 0.2) is 0 Å². The Labute approximate surface area is 106 Å². The third-order valence-electron chi connectivity index (χ3n) is 2.71. The molecule has 0 bridgehead atoms. The molecule has 0 radical (unpaired) electrons. The fraction of sp³-hybridized carbons (Fsp3) is 0.929. The van der Waals surface area contributed by atoms with Gasteiger partial charge in [-0.2, -0.15) is 0 Å². The Morgan fingerprint density at radius 2 is 1.76 bits per heavy atom. The van der Waals surface area contributed by atoms with Crippen molar-refractivity contribution in [1.82, 2.24) is 5.32 Å². The van der Waals surface area contributed by atoms with Crippen molar-refractivity contribution in [2.75, 3.05) is 6.54 Å². The largest absolute Gasteiger partial charge is 0.444 e. The lowest BCUT2D eigenvalue weighted by Gasteiger charge is -2.28. The third kappa shape index (κ3) is 9.02. The van der Waals surface area contributed by atoms with Gasteiger partial charge in [0.25, 0.3) is 0 Å². The van der Waals surface area contributed by atoms with Crippen LogP contribution in [-0.4, -0.2) is 18.2 Å². The topological polar surface area (TPSA) is 38.3 Å². The maximum atomic E-state index is 11.5. The normalized spacial score (nSPS) is 14.3. The van der Waals surface area contributed by atoms with Gasteiger partial charge < -0.3 is 10.1 Å². The maximum absolute atomic E-state index is 11.5. The minimum atomic E-state index is -0.426. The molecule has 1 N–H and O–H groups in total. The molecule has 0 rings (SSSR count). The molecule has 0 saturated carbocycles. The molecule has 0 saturated heterocycles. The van der Waals surface area contributed by atoms with Crippen LogP contribution in [0, 0.1) is 11.3 Å². The predicted octanol–water partition coefficient (Wildman–Crippen LogP) is 3.97. The van der Waals surface area contributed by atoms with E-state index in [0.29, 0.717) is 12.5 Å². The van der Waals surface area contributed by atoms with Crippen LogP contribution in [0.5, 0.6) is 0 Å². The van der Waals surface area contributed by atoms with Crippen LogP contribution in [0.15, 0.2) is 0 Å². The molecule has 0 aliphatic rings. The molecule has 0 fully saturated rings. The molecule has 0 aromatic carbocycles. The van der Waals surface area contributed by atoms with Gasteiger partial charge in [-0.25, -0.2) is 4.79 Å². The van der Waals surface area contributed by atoms with E-state index in [4.69, 9.17) is 4.74 Å². The van der Waals surface area contributed by atoms with Crippen molar-refractivity contribution in [2.45, 2.75) is 66.9 Å². The first-order valence-corrected chi connectivity index (χ1v) is 6.52. The molecular weight excluding hydrogens is 214 g/mol. The lowest BCUT2D eigenvalue weighted by Crippen LogP contribution is -2.38. The summed E-state index contributed by atoms with van der Waals surface area (Å²) in [6.45, 7) is 15.1. The van der Waals surface area contributed by atoms with Crippen molar-refractivity contribution in [3.05, 3.63) is 0 Å². The molecule has 1 amide bonds. The summed E-state index contributed by atoms with van der Waals surface area (Å²) >= 11 is 0. The van der Waals surface area contributed by atoms with Gasteiger partial charge in [-0.1, -0.05) is 34.1 Å². The Morgan fingerprint density at radius 1 is 1.24 bits per heavy atom. The molecule has 0 aromatic heterocycles. The predicted molar refractivity (Wildman–Crippen MR) is 72.1 cm³/mol. The molecule has 1 unspecified atom stereocenters. The second kappa shape index (κ2) is 6.27. The molecule has 0 spiro atoms. The first kappa shape index (κ1) is 16.3. The highest BCUT2D eigenvalue weighted by Gasteiger charge is 2.23. The van der Waals surface area contributed by atoms with E-state index in [-0.39, 0.29) is 11.5 Å². The number of amides is 1. The summed E-state index contributed by atoms with van der Waals surface area (Å²) in [5.41, 5.74) is -0.308. The first-order valence-electron chi connectivity index (χ1n) is 6.52. The Balaban J connectivity index is 4.05. The van der Waals surface area contributed by atoms with Crippen LogP contribution in [0.25, 0.3) is 0 Å². The molecule has 3 nitrogen and oxygen atoms in total. The van der Waals surface area contributed by atoms with Gasteiger partial charge in [0.2, 0.25) is 0 Å². The van der Waals surface area contributed by atoms with E-state index < -0.39 is 5.60 Å². The highest BCUT2D eigenvalue weighted by atomic mass is 16.6. The van der Waals surface area contributed by atoms with Crippen LogP contribution in [0.3, 0.4) is 0 Å². The third-order valence-corrected chi connectivity index (χ3v) is 2.71. The SMILES string of the molecule is CCC(C)CC(C)(C)CNC(=O)OC(C)(C)C. The number of carbonyl (C=O) groups excluding carboxylic acids is 1. The van der Waals surface area contributed by atoms with E-state index >= 15 is 0 Å². The van der Waals surface area contributed by atoms with Crippen LogP contribution >= 0.6 is 0 Å². The molecule has 1 atom stereocenters. The molecule has 102 valence electrons. The fourth-order valence-corrected chi connectivity index (χ4v) is 1.79. The van der Waals surface area contributed by atoms with Gasteiger partial charge >= 0.3 is 6.09 Å². The van der Waals surface area contributed by atoms with Gasteiger partial charge in [-0.3, -0.25) is 0 Å². The summed E-state index contributed by atoms with van der Waals surface area (Å²) in [6.07, 6.45) is 1.96. The van der Waals surface area contributed by atoms with Crippen LogP contribution in [-0.2, 0) is 4.74 Å². The second-order valence-corrected chi connectivity index (χ2v) is 6.74. The Bertz CT molecular complexity index is 241. The van der Waals surface area contributed by atoms with Crippen molar-refractivity contribution in [3.63, 3.8) is 0 Å². The summed E-state index contributed by atoms with van der Waals surface area (Å²) in [6, 6.07) is 0. The minimum Gasteiger partial charge on any atom is -0.444 e. The summed E-state index contributed by atoms with van der Waals surface area (Å²) in [5, 5.41) is 2.85. The van der Waals surface area contributed by atoms with E-state index in [9.17, 15) is 4.79 Å². The molecule has 0 aliphatic heterocycles. The zero-order chi connectivity index (χ0) is 13.7. The van der Waals surface area contributed by atoms with E-state index in [2.05, 4.69) is 33.0 Å². The van der Waals surface area contributed by atoms with Crippen molar-refractivity contribution >= 4 is 6.09 Å². The number of ether oxygens (including phenoxy) is 1. The zero-order valence-electron chi connectivity index (χ0n) is 12.5. The number of hydrogen-bond acceptors (Lipinski definition) is 2. The summed E-state index contributed by atoms with van der Waals surface area (Å²) in [4.78, 5) is 11.5. The second-order valence-electron chi connectivity index (χ2n) is 6.74. The molecule has 0 aromatic rings. The fourth-order valence-electron chi connectivity index (χ4n) is 1.79. The lowest BCUT2D eigenvalue weighted by molar-refractivity contribution is 0.0500. The molecule has 17 heavy (non-hydrogen) atoms. The monoisotopic (exact) mass is 243 g/mol. The number of nitrogens with one attached hydrogen (secondary N) is 1. The number of rotatable bonds is 5. The summed E-state index contributed by atoms with van der Waals surface area (Å²) in [7, 11) is 0. The zero-order valence-corrected chi connectivity index (χ0v) is 12.5. The van der Waals surface area contributed by atoms with E-state index in [0.717, 1.165) is 6.42 Å². The minimum absolute atomic E-state index is 0.117. The maximum Gasteiger partial charge on any atom is 0.407 e. The van der Waals surface area contributed by atoms with Gasteiger partial charge in [-0.15, -0.1) is 0 Å². The van der Waals surface area contributed by atoms with Crippen molar-refractivity contribution in [2.24, 2.45) is 11.3 Å². The number of alkyl carbamates (subject to hydrolysis) is 1. The van der Waals surface area contributed by atoms with Crippen molar-refractivity contribution < 1.29 is 9.53 Å². The van der Waals surface area contributed by atoms with Crippen LogP contribution in [0.2, 0.25) is 0 Å². The molecular formula is C14H29NO2. The van der Waals surface area contributed by atoms with E-state index in [1.165, 1.54) is 6.42 Å². The number of hydrogen-bond donors (Lipinski definition) is 1. The van der Waals surface area contributed by atoms with Crippen LogP contribution < -0.4 is 5.32 Å². The van der Waals surface area contributed by atoms with Gasteiger partial charge in [0, 0.05) is 6.54 Å². The molecule has 3 heteroatoms. The Morgan fingerprint density at radius 3 is 2.18 bits per heavy atom. The van der Waals surface area contributed by atoms with Crippen molar-refractivity contribution in [3.8, 4) is 0 Å². The van der Waals surface area contributed by atoms with E-state index in [1.54, 1.807) is 0 Å². The quantitative estimate of drug-likeness (QED) is 0.793. The van der Waals surface area contributed by atoms with Crippen LogP contribution in [0.4, 0.5) is 4.79 Å². The van der Waals surface area contributed by atoms with Gasteiger partial charge in [0.05, 0.1) is 0 Å². The Hall–Kier alpha value is -0.730. The summed E-state index contributed by atoms with van der Waals surface area (Å²) < 4.78 is 5.21. The van der Waals surface area contributed by atoms with Gasteiger partial charge in [-0.05, 0) is 38.5 Å². The molecule has 0 heterocycles. The van der Waals surface area contributed by atoms with E-state index in [1.807, 2.05) is 20.8 Å². The smallest absolute Gasteiger partial charge is 0.407 e.